The quantitative estimate of drug-likeness (QED) is 0.294. The zero-order chi connectivity index (χ0) is 29.9. The number of aromatic nitrogens is 2. The molecule has 0 aliphatic heterocycles. The maximum absolute atomic E-state index is 14.7. The molecular weight excluding hydrogens is 553 g/mol. The molecule has 2 heterocycles. The molecule has 0 spiro atoms. The fourth-order valence-electron chi connectivity index (χ4n) is 5.14. The Morgan fingerprint density at radius 2 is 1.73 bits per heavy atom. The number of carbonyl (C=O) groups is 2. The zero-order valence-electron chi connectivity index (χ0n) is 23.6. The van der Waals surface area contributed by atoms with Gasteiger partial charge in [0.05, 0.1) is 17.4 Å². The van der Waals surface area contributed by atoms with E-state index < -0.39 is 46.3 Å². The number of rotatable bonds is 6. The third-order valence-electron chi connectivity index (χ3n) is 6.77. The Morgan fingerprint density at radius 1 is 1.02 bits per heavy atom. The van der Waals surface area contributed by atoms with Crippen molar-refractivity contribution in [3.8, 4) is 11.3 Å². The fourth-order valence-corrected chi connectivity index (χ4v) is 5.58. The third-order valence-corrected chi connectivity index (χ3v) is 7.48. The Labute approximate surface area is 241 Å². The number of thioether (sulfide) groups is 1. The molecule has 0 saturated heterocycles. The second-order valence-electron chi connectivity index (χ2n) is 11.3. The minimum absolute atomic E-state index is 0.00753. The minimum atomic E-state index is -0.978. The lowest BCUT2D eigenvalue weighted by atomic mass is 9.76. The summed E-state index contributed by atoms with van der Waals surface area (Å²) in [5.74, 6) is -3.32. The summed E-state index contributed by atoms with van der Waals surface area (Å²) in [5, 5.41) is 5.74. The first-order valence-electron chi connectivity index (χ1n) is 13.3. The van der Waals surface area contributed by atoms with Crippen molar-refractivity contribution in [1.29, 1.82) is 0 Å². The highest BCUT2D eigenvalue weighted by Crippen LogP contribution is 2.39. The third kappa shape index (κ3) is 7.58. The van der Waals surface area contributed by atoms with Crippen LogP contribution >= 0.6 is 11.8 Å². The van der Waals surface area contributed by atoms with Crippen molar-refractivity contribution in [3.63, 3.8) is 0 Å². The standard InChI is InChI=1S/C30H33F3N4O3S/c1-16-10-17(12-18(11-16)35-29(39)40-30(2,3)4)20-8-9-34-15-25(20)37-28(38)24-7-6-21(31)27(36-24)26-22(32)13-19(41-5)14-23(26)33/h6-9,13-18H,10-12H2,1-5H3,(H,35,39)(H,37,38)/t16-,17+,18-/m0/s1. The average molecular weight is 587 g/mol. The van der Waals surface area contributed by atoms with Gasteiger partial charge in [0, 0.05) is 17.1 Å². The van der Waals surface area contributed by atoms with Crippen LogP contribution < -0.4 is 10.6 Å². The molecule has 41 heavy (non-hydrogen) atoms. The summed E-state index contributed by atoms with van der Waals surface area (Å²) in [7, 11) is 0. The van der Waals surface area contributed by atoms with Gasteiger partial charge in [-0.2, -0.15) is 0 Å². The second-order valence-corrected chi connectivity index (χ2v) is 12.1. The monoisotopic (exact) mass is 586 g/mol. The van der Waals surface area contributed by atoms with Gasteiger partial charge < -0.3 is 15.4 Å². The van der Waals surface area contributed by atoms with Gasteiger partial charge in [0.25, 0.3) is 5.91 Å². The number of hydrogen-bond donors (Lipinski definition) is 2. The summed E-state index contributed by atoms with van der Waals surface area (Å²) in [6.45, 7) is 7.51. The van der Waals surface area contributed by atoms with Gasteiger partial charge in [-0.05, 0) is 94.0 Å². The van der Waals surface area contributed by atoms with Crippen molar-refractivity contribution < 1.29 is 27.5 Å². The molecule has 11 heteroatoms. The maximum Gasteiger partial charge on any atom is 0.407 e. The Kier molecular flexibility index (Phi) is 9.26. The number of halogens is 3. The van der Waals surface area contributed by atoms with Crippen molar-refractivity contribution >= 4 is 29.4 Å². The molecule has 3 atom stereocenters. The van der Waals surface area contributed by atoms with E-state index in [4.69, 9.17) is 4.74 Å². The number of carbonyl (C=O) groups excluding carboxylic acids is 2. The minimum Gasteiger partial charge on any atom is -0.444 e. The Hall–Kier alpha value is -3.60. The molecule has 218 valence electrons. The zero-order valence-corrected chi connectivity index (χ0v) is 24.4. The van der Waals surface area contributed by atoms with E-state index in [0.717, 1.165) is 54.4 Å². The van der Waals surface area contributed by atoms with Crippen LogP contribution in [-0.2, 0) is 4.74 Å². The summed E-state index contributed by atoms with van der Waals surface area (Å²) in [4.78, 5) is 34.1. The van der Waals surface area contributed by atoms with Crippen LogP contribution in [0.5, 0.6) is 0 Å². The number of nitrogens with zero attached hydrogens (tertiary/aromatic N) is 2. The molecule has 1 aromatic carbocycles. The first kappa shape index (κ1) is 30.4. The molecule has 2 amide bonds. The summed E-state index contributed by atoms with van der Waals surface area (Å²) >= 11 is 1.14. The normalized spacial score (nSPS) is 19.0. The van der Waals surface area contributed by atoms with E-state index in [0.29, 0.717) is 17.0 Å². The number of hydrogen-bond acceptors (Lipinski definition) is 6. The van der Waals surface area contributed by atoms with Crippen molar-refractivity contribution in [2.45, 2.75) is 69.4 Å². The molecule has 2 aromatic heterocycles. The topological polar surface area (TPSA) is 93.2 Å². The van der Waals surface area contributed by atoms with Crippen molar-refractivity contribution in [2.24, 2.45) is 5.92 Å². The van der Waals surface area contributed by atoms with E-state index in [9.17, 15) is 22.8 Å². The van der Waals surface area contributed by atoms with E-state index in [-0.39, 0.29) is 23.6 Å². The number of nitrogens with one attached hydrogen (secondary N) is 2. The van der Waals surface area contributed by atoms with Gasteiger partial charge in [-0.15, -0.1) is 11.8 Å². The number of anilines is 1. The molecule has 4 rings (SSSR count). The van der Waals surface area contributed by atoms with Crippen molar-refractivity contribution in [1.82, 2.24) is 15.3 Å². The molecule has 1 saturated carbocycles. The number of alkyl carbamates (subject to hydrolysis) is 1. The molecule has 1 aliphatic carbocycles. The lowest BCUT2D eigenvalue weighted by Gasteiger charge is -2.35. The summed E-state index contributed by atoms with van der Waals surface area (Å²) in [6, 6.07) is 5.98. The average Bonchev–Trinajstić information content (AvgIpc) is 2.88. The van der Waals surface area contributed by atoms with E-state index in [1.807, 2.05) is 6.07 Å². The lowest BCUT2D eigenvalue weighted by molar-refractivity contribution is 0.0482. The van der Waals surface area contributed by atoms with Crippen molar-refractivity contribution in [2.75, 3.05) is 11.6 Å². The molecule has 0 unspecified atom stereocenters. The molecule has 7 nitrogen and oxygen atoms in total. The van der Waals surface area contributed by atoms with E-state index >= 15 is 0 Å². The second kappa shape index (κ2) is 12.5. The largest absolute Gasteiger partial charge is 0.444 e. The molecular formula is C30H33F3N4O3S. The van der Waals surface area contributed by atoms with Crippen LogP contribution in [0, 0.1) is 23.4 Å². The predicted molar refractivity (Wildman–Crippen MR) is 152 cm³/mol. The van der Waals surface area contributed by atoms with Crippen LogP contribution in [0.2, 0.25) is 0 Å². The van der Waals surface area contributed by atoms with Gasteiger partial charge in [-0.1, -0.05) is 6.92 Å². The summed E-state index contributed by atoms with van der Waals surface area (Å²) in [6.07, 6.45) is 6.55. The first-order valence-corrected chi connectivity index (χ1v) is 14.5. The van der Waals surface area contributed by atoms with E-state index in [2.05, 4.69) is 27.5 Å². The highest BCUT2D eigenvalue weighted by Gasteiger charge is 2.31. The highest BCUT2D eigenvalue weighted by atomic mass is 32.2. The predicted octanol–water partition coefficient (Wildman–Crippen LogP) is 7.33. The molecule has 0 bridgehead atoms. The smallest absolute Gasteiger partial charge is 0.407 e. The fraction of sp³-hybridized carbons (Fsp3) is 0.400. The first-order chi connectivity index (χ1) is 19.3. The van der Waals surface area contributed by atoms with Crippen LogP contribution in [0.1, 0.15) is 68.9 Å². The van der Waals surface area contributed by atoms with Crippen LogP contribution in [0.25, 0.3) is 11.3 Å². The van der Waals surface area contributed by atoms with Crippen LogP contribution in [0.3, 0.4) is 0 Å². The van der Waals surface area contributed by atoms with Gasteiger partial charge >= 0.3 is 6.09 Å². The molecule has 2 N–H and O–H groups in total. The van der Waals surface area contributed by atoms with E-state index in [1.54, 1.807) is 33.2 Å². The molecule has 0 radical (unpaired) electrons. The molecule has 1 fully saturated rings. The van der Waals surface area contributed by atoms with Gasteiger partial charge in [0.2, 0.25) is 0 Å². The summed E-state index contributed by atoms with van der Waals surface area (Å²) in [5.41, 5.74) is -0.813. The van der Waals surface area contributed by atoms with Gasteiger partial charge in [0.15, 0.2) is 0 Å². The lowest BCUT2D eigenvalue weighted by Crippen LogP contribution is -2.42. The molecule has 1 aliphatic rings. The van der Waals surface area contributed by atoms with Gasteiger partial charge in [-0.3, -0.25) is 9.78 Å². The van der Waals surface area contributed by atoms with Gasteiger partial charge in [0.1, 0.15) is 34.4 Å². The SMILES string of the molecule is CSc1cc(F)c(-c2nc(C(=O)Nc3cnccc3[C@@H]3C[C@H](C)C[C@H](NC(=O)OC(C)(C)C)C3)ccc2F)c(F)c1. The van der Waals surface area contributed by atoms with Crippen LogP contribution in [0.4, 0.5) is 23.7 Å². The maximum atomic E-state index is 14.7. The van der Waals surface area contributed by atoms with E-state index in [1.165, 1.54) is 6.20 Å². The number of pyridine rings is 2. The number of amides is 2. The van der Waals surface area contributed by atoms with Crippen LogP contribution in [0.15, 0.2) is 47.6 Å². The Bertz CT molecular complexity index is 1420. The highest BCUT2D eigenvalue weighted by molar-refractivity contribution is 7.98. The summed E-state index contributed by atoms with van der Waals surface area (Å²) < 4.78 is 49.5. The van der Waals surface area contributed by atoms with Crippen molar-refractivity contribution in [3.05, 3.63) is 71.4 Å². The van der Waals surface area contributed by atoms with Gasteiger partial charge in [-0.25, -0.2) is 22.9 Å². The molecule has 3 aromatic rings. The Balaban J connectivity index is 1.56. The number of ether oxygens (including phenoxy) is 1. The number of benzene rings is 1. The van der Waals surface area contributed by atoms with Crippen LogP contribution in [-0.4, -0.2) is 39.9 Å². The Morgan fingerprint density at radius 3 is 2.39 bits per heavy atom.